The summed E-state index contributed by atoms with van der Waals surface area (Å²) < 4.78 is 11.3. The third-order valence-electron chi connectivity index (χ3n) is 11.9. The Morgan fingerprint density at radius 3 is 1.50 bits per heavy atom. The van der Waals surface area contributed by atoms with Crippen molar-refractivity contribution in [3.05, 3.63) is 52.1 Å². The molecule has 0 aromatic carbocycles. The van der Waals surface area contributed by atoms with Crippen LogP contribution in [0.25, 0.3) is 0 Å². The lowest BCUT2D eigenvalue weighted by Gasteiger charge is -2.41. The molecule has 398 valence electrons. The van der Waals surface area contributed by atoms with Crippen molar-refractivity contribution in [2.45, 2.75) is 90.7 Å². The lowest BCUT2D eigenvalue weighted by Crippen LogP contribution is -2.50. The Morgan fingerprint density at radius 1 is 0.628 bits per heavy atom. The fourth-order valence-corrected chi connectivity index (χ4v) is 9.92. The van der Waals surface area contributed by atoms with Gasteiger partial charge in [-0.25, -0.2) is 29.9 Å². The number of ether oxygens (including phenoxy) is 2. The van der Waals surface area contributed by atoms with Gasteiger partial charge in [-0.15, -0.1) is 19.3 Å². The van der Waals surface area contributed by atoms with E-state index in [2.05, 4.69) is 148 Å². The van der Waals surface area contributed by atoms with Crippen LogP contribution in [-0.2, 0) is 9.47 Å². The van der Waals surface area contributed by atoms with Crippen molar-refractivity contribution in [2.75, 3.05) is 67.2 Å². The van der Waals surface area contributed by atoms with E-state index in [0.717, 1.165) is 75.8 Å². The number of halogens is 3. The summed E-state index contributed by atoms with van der Waals surface area (Å²) in [6.07, 6.45) is 24.7. The second-order valence-electron chi connectivity index (χ2n) is 16.8. The minimum Gasteiger partial charge on any atom is -0.390 e. The maximum absolute atomic E-state index is 9.92. The zero-order valence-corrected chi connectivity index (χ0v) is 46.7. The van der Waals surface area contributed by atoms with Gasteiger partial charge in [-0.05, 0) is 166 Å². The van der Waals surface area contributed by atoms with Gasteiger partial charge in [0.25, 0.3) is 0 Å². The van der Waals surface area contributed by atoms with Crippen molar-refractivity contribution in [3.8, 4) is 120 Å². The average molecular weight is 1140 g/mol. The number of rotatable bonds is 5. The number of aliphatic hydroxyl groups is 1. The predicted molar refractivity (Wildman–Crippen MR) is 313 cm³/mol. The maximum atomic E-state index is 9.92. The van der Waals surface area contributed by atoms with Gasteiger partial charge in [-0.2, -0.15) is 0 Å². The van der Waals surface area contributed by atoms with Gasteiger partial charge in [-0.3, -0.25) is 0 Å². The van der Waals surface area contributed by atoms with Gasteiger partial charge in [-0.1, -0.05) is 64.2 Å². The summed E-state index contributed by atoms with van der Waals surface area (Å²) in [5, 5.41) is 15.3. The molecule has 16 nitrogen and oxygen atoms in total. The number of nitrogen functional groups attached to an aromatic ring is 4. The Bertz CT molecular complexity index is 3300. The van der Waals surface area contributed by atoms with Crippen molar-refractivity contribution in [3.63, 3.8) is 0 Å². The van der Waals surface area contributed by atoms with Crippen LogP contribution in [0.4, 0.5) is 29.1 Å². The Labute approximate surface area is 480 Å². The van der Waals surface area contributed by atoms with E-state index >= 15 is 0 Å². The van der Waals surface area contributed by atoms with E-state index in [4.69, 9.17) is 92.2 Å². The first-order valence-electron chi connectivity index (χ1n) is 23.5. The van der Waals surface area contributed by atoms with Gasteiger partial charge in [0.05, 0.1) is 54.0 Å². The van der Waals surface area contributed by atoms with Crippen LogP contribution in [0.2, 0.25) is 15.2 Å². The molecule has 0 radical (unpaired) electrons. The standard InChI is InChI=1S/C18H24ClN7OS.C11H4.C10H2.C9H7Cl2N5S.C9H17NO2/c1-10-14(20)18(9-27-10)3-6-26(7-4-18)12-8-24-17(16(22)25-12)28-11-2-5-23-15(21)13(11)19;1-3-5-7-9-11-10-8-6-4-2;1-3-5-7-9-10-8-6-4-2;10-5-3-15-9(8(13)16-5)17-4-1-2-14-7(12)6(4)11;1-7-8(11)9(6-12-7)2-4-10-5-3-9/h2,5,8,10,14H,3-4,6-7,9,20H2,1H3,(H2,21,23)(H2,22,25);1H,2H3;1-2H;1-3H,(H2,12,14)(H2,13,16);7-8,10-11H,2-6H2,1H3/t10-,14+;;;;7-,8+/m0...0/s1. The van der Waals surface area contributed by atoms with Crippen molar-refractivity contribution in [1.82, 2.24) is 35.2 Å². The van der Waals surface area contributed by atoms with Gasteiger partial charge in [0, 0.05) is 52.1 Å². The molecule has 21 heteroatoms. The zero-order valence-electron chi connectivity index (χ0n) is 42.8. The minimum atomic E-state index is -0.250. The molecule has 0 unspecified atom stereocenters. The molecule has 0 amide bonds. The Kier molecular flexibility index (Phi) is 26.5. The fourth-order valence-electron chi connectivity index (χ4n) is 7.75. The molecular formula is C57H54Cl3N13O3S2. The number of aromatic nitrogens is 6. The highest BCUT2D eigenvalue weighted by Gasteiger charge is 2.48. The van der Waals surface area contributed by atoms with E-state index in [1.165, 1.54) is 29.7 Å². The second kappa shape index (κ2) is 32.9. The molecule has 12 N–H and O–H groups in total. The van der Waals surface area contributed by atoms with Crippen molar-refractivity contribution < 1.29 is 14.6 Å². The van der Waals surface area contributed by atoms with Crippen LogP contribution in [0.1, 0.15) is 46.5 Å². The van der Waals surface area contributed by atoms with E-state index in [1.54, 1.807) is 37.6 Å². The number of hydrogen-bond acceptors (Lipinski definition) is 18. The number of pyridine rings is 2. The molecule has 4 aromatic rings. The molecule has 4 atom stereocenters. The molecule has 0 aliphatic carbocycles. The molecule has 4 fully saturated rings. The molecule has 4 aromatic heterocycles. The summed E-state index contributed by atoms with van der Waals surface area (Å²) in [7, 11) is 0. The van der Waals surface area contributed by atoms with Crippen LogP contribution in [-0.4, -0.2) is 98.8 Å². The molecule has 2 spiro atoms. The summed E-state index contributed by atoms with van der Waals surface area (Å²) in [6, 6.07) is 3.58. The third kappa shape index (κ3) is 19.2. The van der Waals surface area contributed by atoms with Crippen LogP contribution in [0.15, 0.2) is 56.8 Å². The van der Waals surface area contributed by atoms with Gasteiger partial charge >= 0.3 is 0 Å². The summed E-state index contributed by atoms with van der Waals surface area (Å²) in [5.41, 5.74) is 29.7. The van der Waals surface area contributed by atoms with Crippen LogP contribution < -0.4 is 38.9 Å². The maximum Gasteiger partial charge on any atom is 0.158 e. The van der Waals surface area contributed by atoms with E-state index in [9.17, 15) is 5.11 Å². The van der Waals surface area contributed by atoms with Crippen molar-refractivity contribution in [1.29, 1.82) is 0 Å². The van der Waals surface area contributed by atoms with Gasteiger partial charge in [0.1, 0.15) is 32.7 Å². The highest BCUT2D eigenvalue weighted by molar-refractivity contribution is 7.99. The Morgan fingerprint density at radius 2 is 1.08 bits per heavy atom. The first kappa shape index (κ1) is 63.0. The molecule has 4 aliphatic rings. The topological polar surface area (TPSA) is 261 Å². The number of nitrogens with one attached hydrogen (secondary N) is 1. The first-order chi connectivity index (χ1) is 37.5. The molecule has 4 saturated heterocycles. The average Bonchev–Trinajstić information content (AvgIpc) is 3.92. The highest BCUT2D eigenvalue weighted by atomic mass is 35.5. The van der Waals surface area contributed by atoms with E-state index in [-0.39, 0.29) is 57.8 Å². The van der Waals surface area contributed by atoms with E-state index < -0.39 is 0 Å². The van der Waals surface area contributed by atoms with Gasteiger partial charge < -0.3 is 53.5 Å². The normalized spacial score (nSPS) is 18.1. The van der Waals surface area contributed by atoms with E-state index in [1.807, 2.05) is 6.92 Å². The number of anilines is 5. The van der Waals surface area contributed by atoms with Crippen LogP contribution in [0.5, 0.6) is 0 Å². The summed E-state index contributed by atoms with van der Waals surface area (Å²) in [5.74, 6) is 42.3. The van der Waals surface area contributed by atoms with Crippen molar-refractivity contribution >= 4 is 87.4 Å². The quantitative estimate of drug-likeness (QED) is 0.118. The summed E-state index contributed by atoms with van der Waals surface area (Å²) >= 11 is 20.4. The van der Waals surface area contributed by atoms with Crippen LogP contribution in [0.3, 0.4) is 0 Å². The summed E-state index contributed by atoms with van der Waals surface area (Å²) in [4.78, 5) is 28.5. The Balaban J connectivity index is 0.000000226. The fraction of sp³-hybridized carbons (Fsp3) is 0.333. The second-order valence-corrected chi connectivity index (χ2v) is 20.0. The molecule has 0 saturated carbocycles. The Hall–Kier alpha value is -7.57. The van der Waals surface area contributed by atoms with Gasteiger partial charge in [0.2, 0.25) is 0 Å². The largest absolute Gasteiger partial charge is 0.390 e. The van der Waals surface area contributed by atoms with Crippen LogP contribution >= 0.6 is 58.3 Å². The number of nitrogens with two attached hydrogens (primary N) is 5. The first-order valence-corrected chi connectivity index (χ1v) is 26.3. The van der Waals surface area contributed by atoms with E-state index in [0.29, 0.717) is 30.8 Å². The highest BCUT2D eigenvalue weighted by Crippen LogP contribution is 2.43. The zero-order chi connectivity index (χ0) is 56.9. The monoisotopic (exact) mass is 1140 g/mol. The third-order valence-corrected chi connectivity index (χ3v) is 15.3. The molecule has 8 heterocycles. The molecule has 0 bridgehead atoms. The number of nitrogens with zero attached hydrogens (tertiary/aromatic N) is 7. The van der Waals surface area contributed by atoms with Crippen molar-refractivity contribution in [2.24, 2.45) is 16.6 Å². The van der Waals surface area contributed by atoms with Gasteiger partial charge in [0.15, 0.2) is 11.6 Å². The molecular weight excluding hydrogens is 1090 g/mol. The lowest BCUT2D eigenvalue weighted by atomic mass is 9.73. The molecule has 4 aliphatic heterocycles. The number of aliphatic hydroxyl groups excluding tert-OH is 1. The summed E-state index contributed by atoms with van der Waals surface area (Å²) in [6.45, 7) is 11.0. The smallest absolute Gasteiger partial charge is 0.158 e. The number of hydrogen-bond donors (Lipinski definition) is 7. The predicted octanol–water partition coefficient (Wildman–Crippen LogP) is 5.72. The number of piperidine rings is 2. The SMILES string of the molecule is C#CC#CC#CC#CC#C.C#CC#CC#CC#CC#CC.C[C@@H]1OCC2(CCN(c3cnc(Sc4ccnc(N)c4Cl)c(N)n3)CC2)[C@@H]1N.C[C@@H]1OCC2(CCNCC2)[C@@H]1O.Nc1nc(Cl)cnc1Sc1ccnc(N)c1Cl. The minimum absolute atomic E-state index is 0.0306. The number of terminal acetylenes is 3. The van der Waals surface area contributed by atoms with Crippen LogP contribution in [0, 0.1) is 131 Å². The lowest BCUT2D eigenvalue weighted by molar-refractivity contribution is 0.0222. The molecule has 8 rings (SSSR count). The molecule has 78 heavy (non-hydrogen) atoms.